The molecule has 15 heavy (non-hydrogen) atoms. The van der Waals surface area contributed by atoms with Crippen molar-refractivity contribution >= 4 is 5.91 Å². The first-order valence-electron chi connectivity index (χ1n) is 5.87. The van der Waals surface area contributed by atoms with E-state index in [-0.39, 0.29) is 23.4 Å². The molecule has 1 fully saturated rings. The summed E-state index contributed by atoms with van der Waals surface area (Å²) in [4.78, 5) is 11.9. The third-order valence-electron chi connectivity index (χ3n) is 3.10. The Hall–Kier alpha value is -0.570. The average Bonchev–Trinajstić information content (AvgIpc) is 2.06. The topological polar surface area (TPSA) is 55.1 Å². The van der Waals surface area contributed by atoms with Gasteiger partial charge in [-0.2, -0.15) is 0 Å². The van der Waals surface area contributed by atoms with Crippen LogP contribution >= 0.6 is 0 Å². The van der Waals surface area contributed by atoms with E-state index in [1.807, 2.05) is 20.8 Å². The van der Waals surface area contributed by atoms with Gasteiger partial charge in [0.25, 0.3) is 0 Å². The minimum Gasteiger partial charge on any atom is -0.351 e. The Kier molecular flexibility index (Phi) is 3.77. The van der Waals surface area contributed by atoms with Crippen molar-refractivity contribution in [1.82, 2.24) is 5.32 Å². The van der Waals surface area contributed by atoms with E-state index >= 15 is 0 Å². The summed E-state index contributed by atoms with van der Waals surface area (Å²) in [6.07, 6.45) is 2.85. The minimum atomic E-state index is -0.125. The van der Waals surface area contributed by atoms with Crippen molar-refractivity contribution < 1.29 is 4.79 Å². The van der Waals surface area contributed by atoms with E-state index in [0.29, 0.717) is 5.92 Å². The second-order valence-electron chi connectivity index (χ2n) is 5.89. The van der Waals surface area contributed by atoms with Gasteiger partial charge < -0.3 is 11.1 Å². The zero-order valence-corrected chi connectivity index (χ0v) is 10.3. The molecule has 3 atom stereocenters. The molecular formula is C12H24N2O. The Morgan fingerprint density at radius 1 is 1.33 bits per heavy atom. The minimum absolute atomic E-state index is 0.125. The van der Waals surface area contributed by atoms with Crippen molar-refractivity contribution in [1.29, 1.82) is 0 Å². The molecule has 0 aromatic carbocycles. The smallest absolute Gasteiger partial charge is 0.223 e. The van der Waals surface area contributed by atoms with E-state index in [9.17, 15) is 4.79 Å². The first-order chi connectivity index (χ1) is 6.79. The molecule has 0 aromatic heterocycles. The third-order valence-corrected chi connectivity index (χ3v) is 3.10. The fourth-order valence-electron chi connectivity index (χ4n) is 2.13. The van der Waals surface area contributed by atoms with Gasteiger partial charge in [-0.05, 0) is 46.0 Å². The molecule has 3 heteroatoms. The number of carbonyl (C=O) groups is 1. The highest BCUT2D eigenvalue weighted by molar-refractivity contribution is 5.79. The van der Waals surface area contributed by atoms with Crippen molar-refractivity contribution in [3.05, 3.63) is 0 Å². The lowest BCUT2D eigenvalue weighted by molar-refractivity contribution is -0.128. The van der Waals surface area contributed by atoms with Crippen LogP contribution in [0.15, 0.2) is 0 Å². The van der Waals surface area contributed by atoms with Crippen LogP contribution in [-0.4, -0.2) is 17.5 Å². The summed E-state index contributed by atoms with van der Waals surface area (Å²) in [7, 11) is 0. The van der Waals surface area contributed by atoms with Gasteiger partial charge in [-0.1, -0.05) is 6.92 Å². The molecule has 0 radical (unpaired) electrons. The molecule has 1 amide bonds. The number of hydrogen-bond acceptors (Lipinski definition) is 2. The monoisotopic (exact) mass is 212 g/mol. The molecule has 0 spiro atoms. The maximum atomic E-state index is 11.9. The lowest BCUT2D eigenvalue weighted by Gasteiger charge is -2.33. The maximum absolute atomic E-state index is 11.9. The lowest BCUT2D eigenvalue weighted by atomic mass is 9.79. The molecular weight excluding hydrogens is 188 g/mol. The Morgan fingerprint density at radius 3 is 2.40 bits per heavy atom. The fourth-order valence-corrected chi connectivity index (χ4v) is 2.13. The first kappa shape index (κ1) is 12.5. The van der Waals surface area contributed by atoms with Crippen molar-refractivity contribution in [3.63, 3.8) is 0 Å². The predicted molar refractivity (Wildman–Crippen MR) is 62.4 cm³/mol. The largest absolute Gasteiger partial charge is 0.351 e. The second-order valence-corrected chi connectivity index (χ2v) is 5.89. The molecule has 0 aliphatic heterocycles. The summed E-state index contributed by atoms with van der Waals surface area (Å²) in [5.74, 6) is 0.828. The summed E-state index contributed by atoms with van der Waals surface area (Å²) >= 11 is 0. The SMILES string of the molecule is CC1CC(C(=O)NC(C)(C)C)CCC1N. The average molecular weight is 212 g/mol. The molecule has 1 aliphatic rings. The quantitative estimate of drug-likeness (QED) is 0.694. The number of amides is 1. The molecule has 3 N–H and O–H groups in total. The van der Waals surface area contributed by atoms with Crippen LogP contribution in [0.3, 0.4) is 0 Å². The van der Waals surface area contributed by atoms with Gasteiger partial charge in [-0.15, -0.1) is 0 Å². The Labute approximate surface area is 92.8 Å². The predicted octanol–water partition coefficient (Wildman–Crippen LogP) is 1.66. The van der Waals surface area contributed by atoms with Crippen molar-refractivity contribution in [2.45, 2.75) is 58.5 Å². The van der Waals surface area contributed by atoms with Gasteiger partial charge in [0.1, 0.15) is 0 Å². The molecule has 1 aliphatic carbocycles. The van der Waals surface area contributed by atoms with E-state index in [2.05, 4.69) is 12.2 Å². The highest BCUT2D eigenvalue weighted by atomic mass is 16.2. The molecule has 0 heterocycles. The number of rotatable bonds is 1. The van der Waals surface area contributed by atoms with Crippen LogP contribution in [0.4, 0.5) is 0 Å². The maximum Gasteiger partial charge on any atom is 0.223 e. The summed E-state index contributed by atoms with van der Waals surface area (Å²) < 4.78 is 0. The fraction of sp³-hybridized carbons (Fsp3) is 0.917. The highest BCUT2D eigenvalue weighted by Crippen LogP contribution is 2.28. The molecule has 0 bridgehead atoms. The van der Waals surface area contributed by atoms with E-state index in [0.717, 1.165) is 19.3 Å². The molecule has 1 saturated carbocycles. The number of nitrogens with two attached hydrogens (primary N) is 1. The summed E-state index contributed by atoms with van der Waals surface area (Å²) in [5.41, 5.74) is 5.81. The van der Waals surface area contributed by atoms with Gasteiger partial charge in [0.2, 0.25) is 5.91 Å². The van der Waals surface area contributed by atoms with Crippen LogP contribution in [0.2, 0.25) is 0 Å². The Balaban J connectivity index is 2.48. The van der Waals surface area contributed by atoms with E-state index in [4.69, 9.17) is 5.73 Å². The van der Waals surface area contributed by atoms with Crippen LogP contribution in [0.1, 0.15) is 47.0 Å². The van der Waals surface area contributed by atoms with E-state index in [1.165, 1.54) is 0 Å². The van der Waals surface area contributed by atoms with E-state index in [1.54, 1.807) is 0 Å². The van der Waals surface area contributed by atoms with Crippen LogP contribution in [0.25, 0.3) is 0 Å². The van der Waals surface area contributed by atoms with E-state index < -0.39 is 0 Å². The number of carbonyl (C=O) groups excluding carboxylic acids is 1. The number of hydrogen-bond donors (Lipinski definition) is 2. The highest BCUT2D eigenvalue weighted by Gasteiger charge is 2.30. The van der Waals surface area contributed by atoms with Crippen LogP contribution in [-0.2, 0) is 4.79 Å². The van der Waals surface area contributed by atoms with Crippen molar-refractivity contribution in [2.75, 3.05) is 0 Å². The second kappa shape index (κ2) is 4.52. The molecule has 88 valence electrons. The zero-order chi connectivity index (χ0) is 11.6. The molecule has 1 rings (SSSR count). The first-order valence-corrected chi connectivity index (χ1v) is 5.87. The van der Waals surface area contributed by atoms with Crippen LogP contribution in [0.5, 0.6) is 0 Å². The molecule has 0 saturated heterocycles. The summed E-state index contributed by atoms with van der Waals surface area (Å²) in [5, 5.41) is 3.04. The summed E-state index contributed by atoms with van der Waals surface area (Å²) in [6, 6.07) is 0.281. The molecule has 0 aromatic rings. The van der Waals surface area contributed by atoms with Gasteiger partial charge in [-0.3, -0.25) is 4.79 Å². The van der Waals surface area contributed by atoms with Gasteiger partial charge in [0.05, 0.1) is 0 Å². The van der Waals surface area contributed by atoms with Gasteiger partial charge in [0.15, 0.2) is 0 Å². The Bertz CT molecular complexity index is 232. The Morgan fingerprint density at radius 2 is 1.93 bits per heavy atom. The standard InChI is InChI=1S/C12H24N2O/c1-8-7-9(5-6-10(8)13)11(15)14-12(2,3)4/h8-10H,5-7,13H2,1-4H3,(H,14,15). The summed E-state index contributed by atoms with van der Waals surface area (Å²) in [6.45, 7) is 8.19. The van der Waals surface area contributed by atoms with Gasteiger partial charge in [0, 0.05) is 17.5 Å². The van der Waals surface area contributed by atoms with Crippen molar-refractivity contribution in [2.24, 2.45) is 17.6 Å². The molecule has 3 unspecified atom stereocenters. The van der Waals surface area contributed by atoms with Gasteiger partial charge >= 0.3 is 0 Å². The number of nitrogens with one attached hydrogen (secondary N) is 1. The lowest BCUT2D eigenvalue weighted by Crippen LogP contribution is -2.46. The third kappa shape index (κ3) is 3.82. The van der Waals surface area contributed by atoms with Crippen molar-refractivity contribution in [3.8, 4) is 0 Å². The van der Waals surface area contributed by atoms with Gasteiger partial charge in [-0.25, -0.2) is 0 Å². The zero-order valence-electron chi connectivity index (χ0n) is 10.3. The molecule has 3 nitrogen and oxygen atoms in total. The van der Waals surface area contributed by atoms with Crippen LogP contribution < -0.4 is 11.1 Å². The normalized spacial score (nSPS) is 32.5. The van der Waals surface area contributed by atoms with Crippen LogP contribution in [0, 0.1) is 11.8 Å².